The van der Waals surface area contributed by atoms with Crippen molar-refractivity contribution in [3.63, 3.8) is 0 Å². The second-order valence-electron chi connectivity index (χ2n) is 7.38. The van der Waals surface area contributed by atoms with Crippen molar-refractivity contribution in [1.82, 2.24) is 4.90 Å². The Morgan fingerprint density at radius 1 is 0.967 bits per heavy atom. The molecule has 0 saturated carbocycles. The predicted octanol–water partition coefficient (Wildman–Crippen LogP) is 3.90. The quantitative estimate of drug-likeness (QED) is 0.301. The molecule has 0 bridgehead atoms. The number of allylic oxidation sites excluding steroid dienone is 1. The van der Waals surface area contributed by atoms with Crippen LogP contribution in [0.2, 0.25) is 5.02 Å². The zero-order valence-corrected chi connectivity index (χ0v) is 17.0. The zero-order valence-electron chi connectivity index (χ0n) is 16.3. The molecule has 1 saturated heterocycles. The van der Waals surface area contributed by atoms with Gasteiger partial charge in [-0.2, -0.15) is 0 Å². The van der Waals surface area contributed by atoms with Gasteiger partial charge in [-0.15, -0.1) is 0 Å². The molecule has 0 unspecified atom stereocenters. The summed E-state index contributed by atoms with van der Waals surface area (Å²) in [5, 5.41) is 19.0. The normalized spacial score (nSPS) is 16.8. The number of rotatable bonds is 7. The van der Waals surface area contributed by atoms with Gasteiger partial charge in [-0.3, -0.25) is 14.5 Å². The highest BCUT2D eigenvalue weighted by Crippen LogP contribution is 2.37. The van der Waals surface area contributed by atoms with Gasteiger partial charge in [0.2, 0.25) is 5.76 Å². The number of ketones is 2. The molecule has 2 N–H and O–H groups in total. The number of carbonyl (C=O) groups excluding carboxylic acids is 2. The largest absolute Gasteiger partial charge is 0.502 e. The van der Waals surface area contributed by atoms with Gasteiger partial charge in [0.05, 0.1) is 5.41 Å². The second-order valence-corrected chi connectivity index (χ2v) is 7.82. The lowest BCUT2D eigenvalue weighted by atomic mass is 9.69. The molecule has 1 heterocycles. The summed E-state index contributed by atoms with van der Waals surface area (Å²) in [6.45, 7) is 1.67. The fourth-order valence-electron chi connectivity index (χ4n) is 3.72. The smallest absolute Gasteiger partial charge is 0.371 e. The van der Waals surface area contributed by atoms with Crippen LogP contribution >= 0.6 is 11.6 Å². The third kappa shape index (κ3) is 4.78. The van der Waals surface area contributed by atoms with Crippen LogP contribution in [0.4, 0.5) is 0 Å². The lowest BCUT2D eigenvalue weighted by molar-refractivity contribution is -0.136. The second kappa shape index (κ2) is 9.24. The minimum Gasteiger partial charge on any atom is -0.502 e. The van der Waals surface area contributed by atoms with Gasteiger partial charge in [0, 0.05) is 23.2 Å². The number of carboxylic acids is 1. The van der Waals surface area contributed by atoms with Gasteiger partial charge in [-0.1, -0.05) is 41.9 Å². The Morgan fingerprint density at radius 3 is 2.13 bits per heavy atom. The van der Waals surface area contributed by atoms with Crippen LogP contribution in [0.15, 0.2) is 66.4 Å². The molecule has 3 rings (SSSR count). The molecule has 0 spiro atoms. The topological polar surface area (TPSA) is 94.9 Å². The maximum absolute atomic E-state index is 13.4. The van der Waals surface area contributed by atoms with Gasteiger partial charge in [-0.05, 0) is 55.8 Å². The maximum Gasteiger partial charge on any atom is 0.371 e. The number of aliphatic carboxylic acids is 1. The van der Waals surface area contributed by atoms with E-state index >= 15 is 0 Å². The summed E-state index contributed by atoms with van der Waals surface area (Å²) in [7, 11) is 0. The zero-order chi connectivity index (χ0) is 21.7. The summed E-state index contributed by atoms with van der Waals surface area (Å²) in [4.78, 5) is 39.5. The Hall–Kier alpha value is -2.96. The van der Waals surface area contributed by atoms with Crippen LogP contribution in [-0.4, -0.2) is 45.7 Å². The first kappa shape index (κ1) is 21.7. The van der Waals surface area contributed by atoms with Crippen molar-refractivity contribution in [3.8, 4) is 0 Å². The highest BCUT2D eigenvalue weighted by molar-refractivity contribution is 6.30. The van der Waals surface area contributed by atoms with E-state index in [2.05, 4.69) is 4.90 Å². The van der Waals surface area contributed by atoms with E-state index in [1.54, 1.807) is 24.3 Å². The molecule has 0 atom stereocenters. The molecular formula is C23H22ClNO5. The molecule has 0 aromatic heterocycles. The van der Waals surface area contributed by atoms with Crippen LogP contribution in [0.1, 0.15) is 28.8 Å². The molecule has 2 aromatic rings. The number of benzene rings is 2. The van der Waals surface area contributed by atoms with Crippen molar-refractivity contribution in [1.29, 1.82) is 0 Å². The van der Waals surface area contributed by atoms with E-state index in [1.807, 2.05) is 30.3 Å². The van der Waals surface area contributed by atoms with E-state index in [9.17, 15) is 19.5 Å². The van der Waals surface area contributed by atoms with E-state index in [0.717, 1.165) is 5.56 Å². The third-order valence-electron chi connectivity index (χ3n) is 5.46. The molecular weight excluding hydrogens is 406 g/mol. The third-order valence-corrected chi connectivity index (χ3v) is 5.71. The first-order valence-corrected chi connectivity index (χ1v) is 9.95. The minimum absolute atomic E-state index is 0.226. The molecule has 156 valence electrons. The summed E-state index contributed by atoms with van der Waals surface area (Å²) in [5.41, 5.74) is 0.0287. The van der Waals surface area contributed by atoms with E-state index in [1.165, 1.54) is 0 Å². The van der Waals surface area contributed by atoms with E-state index in [0.29, 0.717) is 36.3 Å². The summed E-state index contributed by atoms with van der Waals surface area (Å²) >= 11 is 5.91. The Bertz CT molecular complexity index is 961. The molecule has 1 fully saturated rings. The van der Waals surface area contributed by atoms with Gasteiger partial charge in [0.1, 0.15) is 0 Å². The van der Waals surface area contributed by atoms with Crippen LogP contribution in [0.25, 0.3) is 0 Å². The number of halogens is 1. The number of likely N-dealkylation sites (tertiary alicyclic amines) is 1. The molecule has 1 aliphatic rings. The number of nitrogens with zero attached hydrogens (tertiary/aromatic N) is 1. The number of hydrogen-bond acceptors (Lipinski definition) is 5. The van der Waals surface area contributed by atoms with E-state index < -0.39 is 28.7 Å². The number of aliphatic hydroxyl groups is 1. The highest BCUT2D eigenvalue weighted by atomic mass is 35.5. The number of carboxylic acid groups (broad SMARTS) is 1. The Morgan fingerprint density at radius 2 is 1.57 bits per heavy atom. The van der Waals surface area contributed by atoms with Crippen molar-refractivity contribution >= 4 is 29.1 Å². The van der Waals surface area contributed by atoms with E-state index in [-0.39, 0.29) is 12.8 Å². The van der Waals surface area contributed by atoms with Crippen molar-refractivity contribution in [3.05, 3.63) is 82.6 Å². The van der Waals surface area contributed by atoms with Gasteiger partial charge in [0.25, 0.3) is 0 Å². The van der Waals surface area contributed by atoms with Crippen LogP contribution in [-0.2, 0) is 16.1 Å². The number of Topliss-reactive ketones (excluding diaryl/α,β-unsaturated/α-hetero) is 1. The van der Waals surface area contributed by atoms with Gasteiger partial charge in [0.15, 0.2) is 11.6 Å². The average Bonchev–Trinajstić information content (AvgIpc) is 2.75. The monoisotopic (exact) mass is 427 g/mol. The average molecular weight is 428 g/mol. The Labute approximate surface area is 179 Å². The molecule has 7 heteroatoms. The van der Waals surface area contributed by atoms with Crippen molar-refractivity contribution in [2.24, 2.45) is 5.41 Å². The molecule has 2 aromatic carbocycles. The standard InChI is InChI=1S/C23H22ClNO5/c24-18-8-6-17(7-9-18)21(28)23(20(27)14-19(26)22(29)30)10-12-25(13-11-23)15-16-4-2-1-3-5-16/h1-9,14,26H,10-13,15H2,(H,29,30)/b19-14-. The van der Waals surface area contributed by atoms with Crippen LogP contribution in [0, 0.1) is 5.41 Å². The number of hydrogen-bond donors (Lipinski definition) is 2. The SMILES string of the molecule is O=C(O)/C(O)=C/C(=O)C1(C(=O)c2ccc(Cl)cc2)CCN(Cc2ccccc2)CC1. The number of carbonyl (C=O) groups is 3. The molecule has 30 heavy (non-hydrogen) atoms. The fourth-order valence-corrected chi connectivity index (χ4v) is 3.85. The van der Waals surface area contributed by atoms with Crippen LogP contribution in [0.5, 0.6) is 0 Å². The van der Waals surface area contributed by atoms with Crippen molar-refractivity contribution < 1.29 is 24.6 Å². The predicted molar refractivity (Wildman–Crippen MR) is 113 cm³/mol. The van der Waals surface area contributed by atoms with Crippen molar-refractivity contribution in [2.45, 2.75) is 19.4 Å². The van der Waals surface area contributed by atoms with Gasteiger partial charge < -0.3 is 10.2 Å². The fraction of sp³-hybridized carbons (Fsp3) is 0.261. The molecule has 0 radical (unpaired) electrons. The number of aliphatic hydroxyl groups excluding tert-OH is 1. The van der Waals surface area contributed by atoms with Gasteiger partial charge >= 0.3 is 5.97 Å². The van der Waals surface area contributed by atoms with E-state index in [4.69, 9.17) is 16.7 Å². The van der Waals surface area contributed by atoms with Crippen LogP contribution in [0.3, 0.4) is 0 Å². The lowest BCUT2D eigenvalue weighted by Gasteiger charge is -2.39. The molecule has 1 aliphatic heterocycles. The van der Waals surface area contributed by atoms with Crippen LogP contribution < -0.4 is 0 Å². The highest BCUT2D eigenvalue weighted by Gasteiger charge is 2.47. The molecule has 6 nitrogen and oxygen atoms in total. The lowest BCUT2D eigenvalue weighted by Crippen LogP contribution is -2.48. The first-order valence-electron chi connectivity index (χ1n) is 9.57. The minimum atomic E-state index is -1.61. The first-order chi connectivity index (χ1) is 14.3. The summed E-state index contributed by atoms with van der Waals surface area (Å²) in [6.07, 6.45) is 1.11. The number of piperidine rings is 1. The molecule has 0 aliphatic carbocycles. The maximum atomic E-state index is 13.4. The summed E-state index contributed by atoms with van der Waals surface area (Å²) in [5.74, 6) is -3.77. The molecule has 0 amide bonds. The Kier molecular flexibility index (Phi) is 6.70. The van der Waals surface area contributed by atoms with Gasteiger partial charge in [-0.25, -0.2) is 4.79 Å². The summed E-state index contributed by atoms with van der Waals surface area (Å²) < 4.78 is 0. The van der Waals surface area contributed by atoms with Crippen molar-refractivity contribution in [2.75, 3.05) is 13.1 Å². The Balaban J connectivity index is 1.86. The summed E-state index contributed by atoms with van der Waals surface area (Å²) in [6, 6.07) is 16.1.